The van der Waals surface area contributed by atoms with Crippen molar-refractivity contribution in [2.75, 3.05) is 12.0 Å². The Morgan fingerprint density at radius 1 is 1.52 bits per heavy atom. The maximum absolute atomic E-state index is 12.7. The van der Waals surface area contributed by atoms with E-state index in [0.29, 0.717) is 5.75 Å². The topological polar surface area (TPSA) is 49.4 Å². The highest BCUT2D eigenvalue weighted by Gasteiger charge is 2.41. The van der Waals surface area contributed by atoms with Gasteiger partial charge >= 0.3 is 0 Å². The fourth-order valence-electron chi connectivity index (χ4n) is 2.78. The van der Waals surface area contributed by atoms with Gasteiger partial charge in [0.1, 0.15) is 6.17 Å². The van der Waals surface area contributed by atoms with Crippen LogP contribution in [0, 0.1) is 0 Å². The molecule has 1 fully saturated rings. The summed E-state index contributed by atoms with van der Waals surface area (Å²) in [7, 11) is -0.814. The molecular formula is C15H24N2O2S2. The van der Waals surface area contributed by atoms with E-state index in [4.69, 9.17) is 0 Å². The third-order valence-corrected chi connectivity index (χ3v) is 5.44. The van der Waals surface area contributed by atoms with E-state index in [1.165, 1.54) is 0 Å². The van der Waals surface area contributed by atoms with Gasteiger partial charge in [-0.3, -0.25) is 14.3 Å². The maximum atomic E-state index is 12.7. The Balaban J connectivity index is 2.16. The minimum absolute atomic E-state index is 0.0411. The predicted molar refractivity (Wildman–Crippen MR) is 88.8 cm³/mol. The third-order valence-electron chi connectivity index (χ3n) is 3.92. The smallest absolute Gasteiger partial charge is 0.241 e. The van der Waals surface area contributed by atoms with E-state index in [0.717, 1.165) is 24.8 Å². The second-order valence-electron chi connectivity index (χ2n) is 5.63. The van der Waals surface area contributed by atoms with Crippen LogP contribution < -0.4 is 5.32 Å². The molecular weight excluding hydrogens is 304 g/mol. The molecule has 2 heterocycles. The maximum Gasteiger partial charge on any atom is 0.241 e. The molecule has 0 radical (unpaired) electrons. The van der Waals surface area contributed by atoms with Crippen LogP contribution in [0.1, 0.15) is 44.8 Å². The van der Waals surface area contributed by atoms with Gasteiger partial charge < -0.3 is 4.90 Å². The highest BCUT2D eigenvalue weighted by atomic mass is 32.2. The molecule has 0 aromatic carbocycles. The van der Waals surface area contributed by atoms with Crippen molar-refractivity contribution in [1.82, 2.24) is 10.2 Å². The average Bonchev–Trinajstić information content (AvgIpc) is 3.05. The molecule has 1 amide bonds. The second-order valence-corrected chi connectivity index (χ2v) is 7.96. The van der Waals surface area contributed by atoms with Gasteiger partial charge in [-0.15, -0.1) is 0 Å². The van der Waals surface area contributed by atoms with Crippen molar-refractivity contribution >= 4 is 28.0 Å². The quantitative estimate of drug-likeness (QED) is 0.837. The standard InChI is InChI=1S/C15H24N2O2S2/c1-4-5-13-15(18)17(11(2)7-9-21(3)19)14(16-13)12-6-8-20-10-12/h6,8,10-11,13-14,16H,4-5,7,9H2,1-3H3. The first-order chi connectivity index (χ1) is 10.0. The van der Waals surface area contributed by atoms with Crippen molar-refractivity contribution < 1.29 is 9.00 Å². The number of hydrogen-bond donors (Lipinski definition) is 1. The van der Waals surface area contributed by atoms with Crippen LogP contribution in [-0.2, 0) is 15.6 Å². The van der Waals surface area contributed by atoms with Gasteiger partial charge in [0.05, 0.1) is 6.04 Å². The number of nitrogens with one attached hydrogen (secondary N) is 1. The number of thiophene rings is 1. The third kappa shape index (κ3) is 3.93. The van der Waals surface area contributed by atoms with Crippen molar-refractivity contribution in [2.24, 2.45) is 0 Å². The van der Waals surface area contributed by atoms with Crippen molar-refractivity contribution in [3.8, 4) is 0 Å². The summed E-state index contributed by atoms with van der Waals surface area (Å²) in [6.45, 7) is 4.15. The van der Waals surface area contributed by atoms with Crippen molar-refractivity contribution in [1.29, 1.82) is 0 Å². The zero-order valence-electron chi connectivity index (χ0n) is 12.9. The fraction of sp³-hybridized carbons (Fsp3) is 0.667. The van der Waals surface area contributed by atoms with Gasteiger partial charge in [-0.25, -0.2) is 0 Å². The molecule has 6 heteroatoms. The lowest BCUT2D eigenvalue weighted by molar-refractivity contribution is -0.132. The molecule has 2 rings (SSSR count). The molecule has 4 nitrogen and oxygen atoms in total. The minimum Gasteiger partial charge on any atom is -0.319 e. The molecule has 1 saturated heterocycles. The lowest BCUT2D eigenvalue weighted by atomic mass is 10.1. The highest BCUT2D eigenvalue weighted by Crippen LogP contribution is 2.31. The zero-order chi connectivity index (χ0) is 15.4. The molecule has 1 aliphatic rings. The minimum atomic E-state index is -0.814. The molecule has 21 heavy (non-hydrogen) atoms. The second kappa shape index (κ2) is 7.51. The lowest BCUT2D eigenvalue weighted by Crippen LogP contribution is -2.39. The van der Waals surface area contributed by atoms with E-state index < -0.39 is 10.8 Å². The monoisotopic (exact) mass is 328 g/mol. The van der Waals surface area contributed by atoms with Crippen molar-refractivity contribution in [3.05, 3.63) is 22.4 Å². The number of carbonyl (C=O) groups excluding carboxylic acids is 1. The molecule has 4 unspecified atom stereocenters. The number of amides is 1. The normalized spacial score (nSPS) is 25.3. The Kier molecular flexibility index (Phi) is 5.96. The first kappa shape index (κ1) is 16.6. The molecule has 1 aromatic heterocycles. The van der Waals surface area contributed by atoms with E-state index in [-0.39, 0.29) is 24.2 Å². The fourth-order valence-corrected chi connectivity index (χ4v) is 4.13. The Morgan fingerprint density at radius 2 is 2.29 bits per heavy atom. The highest BCUT2D eigenvalue weighted by molar-refractivity contribution is 7.84. The Hall–Kier alpha value is -0.720. The molecule has 0 bridgehead atoms. The van der Waals surface area contributed by atoms with Gasteiger partial charge in [0, 0.05) is 28.9 Å². The molecule has 1 N–H and O–H groups in total. The summed E-state index contributed by atoms with van der Waals surface area (Å²) >= 11 is 1.65. The van der Waals surface area contributed by atoms with E-state index in [2.05, 4.69) is 30.6 Å². The van der Waals surface area contributed by atoms with Gasteiger partial charge in [-0.05, 0) is 42.2 Å². The SMILES string of the molecule is CCCC1NC(c2ccsc2)N(C(C)CCS(C)=O)C1=O. The number of rotatable bonds is 7. The summed E-state index contributed by atoms with van der Waals surface area (Å²) < 4.78 is 11.3. The van der Waals surface area contributed by atoms with Crippen LogP contribution in [0.15, 0.2) is 16.8 Å². The molecule has 4 atom stereocenters. The number of carbonyl (C=O) groups is 1. The average molecular weight is 329 g/mol. The number of nitrogens with zero attached hydrogens (tertiary/aromatic N) is 1. The van der Waals surface area contributed by atoms with E-state index in [1.807, 2.05) is 10.3 Å². The molecule has 1 aromatic rings. The Morgan fingerprint density at radius 3 is 2.86 bits per heavy atom. The van der Waals surface area contributed by atoms with Crippen LogP contribution in [0.3, 0.4) is 0 Å². The van der Waals surface area contributed by atoms with Crippen LogP contribution in [0.5, 0.6) is 0 Å². The van der Waals surface area contributed by atoms with E-state index in [1.54, 1.807) is 17.6 Å². The first-order valence-electron chi connectivity index (χ1n) is 7.45. The van der Waals surface area contributed by atoms with Crippen LogP contribution in [0.2, 0.25) is 0 Å². The molecule has 1 aliphatic heterocycles. The van der Waals surface area contributed by atoms with Crippen molar-refractivity contribution in [2.45, 2.75) is 51.4 Å². The van der Waals surface area contributed by atoms with Gasteiger partial charge in [0.15, 0.2) is 0 Å². The van der Waals surface area contributed by atoms with Crippen LogP contribution in [0.25, 0.3) is 0 Å². The summed E-state index contributed by atoms with van der Waals surface area (Å²) in [5.74, 6) is 0.821. The van der Waals surface area contributed by atoms with Crippen LogP contribution in [0.4, 0.5) is 0 Å². The largest absolute Gasteiger partial charge is 0.319 e. The van der Waals surface area contributed by atoms with Crippen molar-refractivity contribution in [3.63, 3.8) is 0 Å². The van der Waals surface area contributed by atoms with Gasteiger partial charge in [0.25, 0.3) is 0 Å². The molecule has 118 valence electrons. The summed E-state index contributed by atoms with van der Waals surface area (Å²) in [6, 6.07) is 2.08. The zero-order valence-corrected chi connectivity index (χ0v) is 14.5. The van der Waals surface area contributed by atoms with E-state index >= 15 is 0 Å². The van der Waals surface area contributed by atoms with Crippen LogP contribution in [-0.4, -0.2) is 39.1 Å². The summed E-state index contributed by atoms with van der Waals surface area (Å²) in [5, 5.41) is 7.60. The molecule has 0 spiro atoms. The van der Waals surface area contributed by atoms with E-state index in [9.17, 15) is 9.00 Å². The first-order valence-corrected chi connectivity index (χ1v) is 10.1. The predicted octanol–water partition coefficient (Wildman–Crippen LogP) is 2.50. The summed E-state index contributed by atoms with van der Waals surface area (Å²) in [4.78, 5) is 14.6. The summed E-state index contributed by atoms with van der Waals surface area (Å²) in [5.41, 5.74) is 1.15. The van der Waals surface area contributed by atoms with Gasteiger partial charge in [-0.1, -0.05) is 13.3 Å². The Labute approximate surface area is 133 Å². The van der Waals surface area contributed by atoms with Gasteiger partial charge in [-0.2, -0.15) is 11.3 Å². The molecule has 0 aliphatic carbocycles. The lowest BCUT2D eigenvalue weighted by Gasteiger charge is -2.30. The Bertz CT molecular complexity index is 490. The van der Waals surface area contributed by atoms with Gasteiger partial charge in [0.2, 0.25) is 5.91 Å². The van der Waals surface area contributed by atoms with Crippen LogP contribution >= 0.6 is 11.3 Å². The number of hydrogen-bond acceptors (Lipinski definition) is 4. The summed E-state index contributed by atoms with van der Waals surface area (Å²) in [6.07, 6.45) is 4.30. The molecule has 0 saturated carbocycles.